The molecule has 0 unspecified atom stereocenters. The molecule has 0 aromatic heterocycles. The highest BCUT2D eigenvalue weighted by Gasteiger charge is 2.15. The lowest BCUT2D eigenvalue weighted by atomic mass is 10.1. The molecule has 2 N–H and O–H groups in total. The first-order valence-corrected chi connectivity index (χ1v) is 10.0. The molecule has 1 amide bonds. The van der Waals surface area contributed by atoms with Gasteiger partial charge in [0.1, 0.15) is 0 Å². The van der Waals surface area contributed by atoms with Gasteiger partial charge in [0.05, 0.1) is 0 Å². The zero-order valence-electron chi connectivity index (χ0n) is 16.4. The standard InChI is InChI=1S/C21H34N4O/c1-3-22-21(24-15-13-19-11-9-18(2)10-12-19)23-14-7-17-25-16-6-4-5-8-20(25)26/h9-12H,3-8,13-17H2,1-2H3,(H2,22,23,24). The molecule has 1 aliphatic heterocycles. The van der Waals surface area contributed by atoms with Crippen LogP contribution in [0.25, 0.3) is 0 Å². The second kappa shape index (κ2) is 11.6. The molecule has 2 rings (SSSR count). The van der Waals surface area contributed by atoms with Gasteiger partial charge in [0.15, 0.2) is 5.96 Å². The van der Waals surface area contributed by atoms with E-state index in [1.807, 2.05) is 4.90 Å². The molecule has 1 heterocycles. The highest BCUT2D eigenvalue weighted by molar-refractivity contribution is 5.79. The Balaban J connectivity index is 1.71. The fourth-order valence-corrected chi connectivity index (χ4v) is 3.15. The monoisotopic (exact) mass is 358 g/mol. The summed E-state index contributed by atoms with van der Waals surface area (Å²) >= 11 is 0. The van der Waals surface area contributed by atoms with E-state index in [1.165, 1.54) is 17.5 Å². The molecule has 0 bridgehead atoms. The van der Waals surface area contributed by atoms with Crippen molar-refractivity contribution in [3.63, 3.8) is 0 Å². The lowest BCUT2D eigenvalue weighted by molar-refractivity contribution is -0.130. The molecule has 0 spiro atoms. The van der Waals surface area contributed by atoms with E-state index < -0.39 is 0 Å². The molecule has 1 fully saturated rings. The van der Waals surface area contributed by atoms with Gasteiger partial charge in [-0.25, -0.2) is 0 Å². The molecule has 0 atom stereocenters. The average molecular weight is 359 g/mol. The summed E-state index contributed by atoms with van der Waals surface area (Å²) in [6.45, 7) is 8.37. The molecule has 0 radical (unpaired) electrons. The Morgan fingerprint density at radius 3 is 2.73 bits per heavy atom. The van der Waals surface area contributed by atoms with E-state index in [0.29, 0.717) is 12.3 Å². The lowest BCUT2D eigenvalue weighted by Gasteiger charge is -2.20. The Kier molecular flexibility index (Phi) is 9.01. The van der Waals surface area contributed by atoms with Gasteiger partial charge in [-0.15, -0.1) is 0 Å². The van der Waals surface area contributed by atoms with Crippen LogP contribution in [0.3, 0.4) is 0 Å². The number of carbonyl (C=O) groups is 1. The number of benzene rings is 1. The van der Waals surface area contributed by atoms with Crippen molar-refractivity contribution in [2.75, 3.05) is 32.7 Å². The first-order valence-electron chi connectivity index (χ1n) is 10.0. The van der Waals surface area contributed by atoms with E-state index in [0.717, 1.165) is 64.4 Å². The quantitative estimate of drug-likeness (QED) is 0.427. The van der Waals surface area contributed by atoms with Crippen LogP contribution in [0.4, 0.5) is 0 Å². The highest BCUT2D eigenvalue weighted by atomic mass is 16.2. The molecule has 1 saturated heterocycles. The summed E-state index contributed by atoms with van der Waals surface area (Å²) in [4.78, 5) is 18.7. The number of likely N-dealkylation sites (tertiary alicyclic amines) is 1. The minimum absolute atomic E-state index is 0.314. The third-order valence-electron chi connectivity index (χ3n) is 4.70. The summed E-state index contributed by atoms with van der Waals surface area (Å²) in [6, 6.07) is 8.66. The normalized spacial score (nSPS) is 15.7. The van der Waals surface area contributed by atoms with Crippen LogP contribution >= 0.6 is 0 Å². The number of amides is 1. The fraction of sp³-hybridized carbons (Fsp3) is 0.619. The van der Waals surface area contributed by atoms with Gasteiger partial charge in [-0.05, 0) is 45.1 Å². The lowest BCUT2D eigenvalue weighted by Crippen LogP contribution is -2.38. The molecule has 26 heavy (non-hydrogen) atoms. The van der Waals surface area contributed by atoms with E-state index in [-0.39, 0.29) is 0 Å². The predicted octanol–water partition coefficient (Wildman–Crippen LogP) is 2.89. The molecule has 5 nitrogen and oxygen atoms in total. The van der Waals surface area contributed by atoms with Crippen LogP contribution < -0.4 is 10.6 Å². The Morgan fingerprint density at radius 1 is 1.15 bits per heavy atom. The number of aryl methyl sites for hydroxylation is 1. The molecule has 1 aromatic rings. The predicted molar refractivity (Wildman–Crippen MR) is 109 cm³/mol. The van der Waals surface area contributed by atoms with Crippen LogP contribution in [-0.2, 0) is 11.2 Å². The number of guanidine groups is 1. The van der Waals surface area contributed by atoms with Gasteiger partial charge >= 0.3 is 0 Å². The second-order valence-corrected chi connectivity index (χ2v) is 6.97. The number of carbonyl (C=O) groups excluding carboxylic acids is 1. The number of nitrogens with zero attached hydrogens (tertiary/aromatic N) is 2. The first-order chi connectivity index (χ1) is 12.7. The van der Waals surface area contributed by atoms with Crippen molar-refractivity contribution >= 4 is 11.9 Å². The minimum atomic E-state index is 0.314. The molecule has 144 valence electrons. The van der Waals surface area contributed by atoms with Crippen LogP contribution in [0.1, 0.15) is 50.2 Å². The topological polar surface area (TPSA) is 56.7 Å². The SMILES string of the molecule is CCNC(=NCCCN1CCCCCC1=O)NCCc1ccc(C)cc1. The summed E-state index contributed by atoms with van der Waals surface area (Å²) < 4.78 is 0. The largest absolute Gasteiger partial charge is 0.357 e. The number of hydrogen-bond donors (Lipinski definition) is 2. The first kappa shape index (κ1) is 20.3. The van der Waals surface area contributed by atoms with Gasteiger partial charge < -0.3 is 15.5 Å². The van der Waals surface area contributed by atoms with Crippen molar-refractivity contribution in [1.29, 1.82) is 0 Å². The Bertz CT molecular complexity index is 568. The number of nitrogens with one attached hydrogen (secondary N) is 2. The third-order valence-corrected chi connectivity index (χ3v) is 4.70. The zero-order valence-corrected chi connectivity index (χ0v) is 16.4. The maximum Gasteiger partial charge on any atom is 0.222 e. The minimum Gasteiger partial charge on any atom is -0.357 e. The summed E-state index contributed by atoms with van der Waals surface area (Å²) in [5.41, 5.74) is 2.62. The van der Waals surface area contributed by atoms with Crippen molar-refractivity contribution in [3.8, 4) is 0 Å². The van der Waals surface area contributed by atoms with Crippen molar-refractivity contribution < 1.29 is 4.79 Å². The van der Waals surface area contributed by atoms with Crippen LogP contribution in [0.2, 0.25) is 0 Å². The average Bonchev–Trinajstić information content (AvgIpc) is 2.84. The van der Waals surface area contributed by atoms with E-state index in [1.54, 1.807) is 0 Å². The van der Waals surface area contributed by atoms with Gasteiger partial charge in [-0.1, -0.05) is 36.2 Å². The van der Waals surface area contributed by atoms with Crippen LogP contribution in [0, 0.1) is 6.92 Å². The number of aliphatic imine (C=N–C) groups is 1. The van der Waals surface area contributed by atoms with Crippen molar-refractivity contribution in [2.24, 2.45) is 4.99 Å². The molecule has 0 saturated carbocycles. The highest BCUT2D eigenvalue weighted by Crippen LogP contribution is 2.11. The van der Waals surface area contributed by atoms with Gasteiger partial charge in [0, 0.05) is 39.1 Å². The number of rotatable bonds is 8. The van der Waals surface area contributed by atoms with E-state index in [4.69, 9.17) is 0 Å². The summed E-state index contributed by atoms with van der Waals surface area (Å²) in [6.07, 6.45) is 5.97. The number of hydrogen-bond acceptors (Lipinski definition) is 2. The molecular formula is C21H34N4O. The van der Waals surface area contributed by atoms with Gasteiger partial charge in [0.2, 0.25) is 5.91 Å². The maximum atomic E-state index is 12.0. The van der Waals surface area contributed by atoms with E-state index >= 15 is 0 Å². The van der Waals surface area contributed by atoms with Crippen LogP contribution in [0.15, 0.2) is 29.3 Å². The zero-order chi connectivity index (χ0) is 18.6. The summed E-state index contributed by atoms with van der Waals surface area (Å²) in [5, 5.41) is 6.69. The van der Waals surface area contributed by atoms with E-state index in [2.05, 4.69) is 53.7 Å². The Labute approximate surface area is 158 Å². The Hall–Kier alpha value is -2.04. The van der Waals surface area contributed by atoms with Crippen LogP contribution in [-0.4, -0.2) is 49.5 Å². The molecule has 1 aromatic carbocycles. The van der Waals surface area contributed by atoms with Gasteiger partial charge in [-0.2, -0.15) is 0 Å². The molecule has 0 aliphatic carbocycles. The van der Waals surface area contributed by atoms with Crippen molar-refractivity contribution in [2.45, 2.75) is 52.4 Å². The van der Waals surface area contributed by atoms with Gasteiger partial charge in [-0.3, -0.25) is 9.79 Å². The summed E-state index contributed by atoms with van der Waals surface area (Å²) in [5.74, 6) is 1.18. The molecular weight excluding hydrogens is 324 g/mol. The second-order valence-electron chi connectivity index (χ2n) is 6.97. The summed E-state index contributed by atoms with van der Waals surface area (Å²) in [7, 11) is 0. The van der Waals surface area contributed by atoms with Crippen LogP contribution in [0.5, 0.6) is 0 Å². The van der Waals surface area contributed by atoms with E-state index in [9.17, 15) is 4.79 Å². The van der Waals surface area contributed by atoms with Gasteiger partial charge in [0.25, 0.3) is 0 Å². The maximum absolute atomic E-state index is 12.0. The van der Waals surface area contributed by atoms with Crippen molar-refractivity contribution in [3.05, 3.63) is 35.4 Å². The Morgan fingerprint density at radius 2 is 1.96 bits per heavy atom. The van der Waals surface area contributed by atoms with Crippen molar-refractivity contribution in [1.82, 2.24) is 15.5 Å². The fourth-order valence-electron chi connectivity index (χ4n) is 3.15. The smallest absolute Gasteiger partial charge is 0.222 e. The molecule has 1 aliphatic rings. The third kappa shape index (κ3) is 7.46. The molecule has 5 heteroatoms.